The zero-order chi connectivity index (χ0) is 14.1. The molecule has 0 unspecified atom stereocenters. The third-order valence-corrected chi connectivity index (χ3v) is 5.07. The topological polar surface area (TPSA) is 79.2 Å². The first kappa shape index (κ1) is 14.3. The average molecular weight is 301 g/mol. The van der Waals surface area contributed by atoms with Crippen molar-refractivity contribution >= 4 is 21.6 Å². The maximum absolute atomic E-state index is 12.3. The van der Waals surface area contributed by atoms with E-state index in [-0.39, 0.29) is 9.92 Å². The van der Waals surface area contributed by atoms with E-state index in [1.54, 1.807) is 6.92 Å². The Hall–Kier alpha value is -1.13. The number of hydrogen-bond acceptors (Lipinski definition) is 4. The lowest BCUT2D eigenvalue weighted by Crippen LogP contribution is -2.46. The van der Waals surface area contributed by atoms with E-state index in [2.05, 4.69) is 4.72 Å². The summed E-state index contributed by atoms with van der Waals surface area (Å²) in [6, 6.07) is 6.00. The molecule has 0 aromatic heterocycles. The monoisotopic (exact) mass is 300 g/mol. The van der Waals surface area contributed by atoms with E-state index in [9.17, 15) is 8.42 Å². The zero-order valence-electron chi connectivity index (χ0n) is 10.3. The molecule has 1 aliphatic rings. The van der Waals surface area contributed by atoms with Gasteiger partial charge in [0.2, 0.25) is 10.0 Å². The van der Waals surface area contributed by atoms with Gasteiger partial charge in [-0.2, -0.15) is 5.26 Å². The molecule has 0 amide bonds. The van der Waals surface area contributed by atoms with Gasteiger partial charge in [0.15, 0.2) is 0 Å². The Bertz CT molecular complexity index is 631. The number of nitrogens with one attached hydrogen (secondary N) is 1. The normalized spacial score (nSPS) is 23.2. The van der Waals surface area contributed by atoms with Crippen LogP contribution in [0.25, 0.3) is 0 Å². The van der Waals surface area contributed by atoms with Crippen molar-refractivity contribution in [3.8, 4) is 6.07 Å². The average Bonchev–Trinajstić information content (AvgIpc) is 2.74. The zero-order valence-corrected chi connectivity index (χ0v) is 11.9. The first-order chi connectivity index (χ1) is 8.86. The second kappa shape index (κ2) is 5.10. The Morgan fingerprint density at radius 3 is 2.79 bits per heavy atom. The maximum atomic E-state index is 12.3. The molecule has 0 spiro atoms. The van der Waals surface area contributed by atoms with Crippen molar-refractivity contribution in [2.75, 3.05) is 13.2 Å². The first-order valence-corrected chi connectivity index (χ1v) is 7.54. The van der Waals surface area contributed by atoms with Gasteiger partial charge in [0, 0.05) is 6.61 Å². The highest BCUT2D eigenvalue weighted by Gasteiger charge is 2.35. The van der Waals surface area contributed by atoms with E-state index in [0.29, 0.717) is 25.2 Å². The highest BCUT2D eigenvalue weighted by molar-refractivity contribution is 7.89. The van der Waals surface area contributed by atoms with Gasteiger partial charge in [0.05, 0.1) is 28.8 Å². The van der Waals surface area contributed by atoms with Crippen LogP contribution in [-0.4, -0.2) is 27.2 Å². The summed E-state index contributed by atoms with van der Waals surface area (Å²) in [6.45, 7) is 2.65. The minimum atomic E-state index is -3.73. The van der Waals surface area contributed by atoms with Crippen LogP contribution in [0.2, 0.25) is 5.02 Å². The predicted octanol–water partition coefficient (Wildman–Crippen LogP) is 1.67. The standard InChI is InChI=1S/C12H13ClN2O3S/c1-12(4-5-18-8-12)15-19(16,17)11-3-2-9(7-14)6-10(11)13/h2-3,6,15H,4-5,8H2,1H3/t12-/m1/s1. The summed E-state index contributed by atoms with van der Waals surface area (Å²) in [5, 5.41) is 8.77. The summed E-state index contributed by atoms with van der Waals surface area (Å²) in [6.07, 6.45) is 0.611. The van der Waals surface area contributed by atoms with Crippen LogP contribution < -0.4 is 4.72 Å². The van der Waals surface area contributed by atoms with Crippen molar-refractivity contribution in [2.24, 2.45) is 0 Å². The molecule has 1 N–H and O–H groups in total. The molecule has 1 aromatic rings. The molecule has 7 heteroatoms. The molecule has 102 valence electrons. The number of nitriles is 1. The van der Waals surface area contributed by atoms with Crippen molar-refractivity contribution in [1.29, 1.82) is 5.26 Å². The molecule has 0 radical (unpaired) electrons. The van der Waals surface area contributed by atoms with Gasteiger partial charge in [-0.3, -0.25) is 0 Å². The molecule has 1 atom stereocenters. The van der Waals surface area contributed by atoms with Crippen LogP contribution in [0.1, 0.15) is 18.9 Å². The summed E-state index contributed by atoms with van der Waals surface area (Å²) in [7, 11) is -3.73. The fraction of sp³-hybridized carbons (Fsp3) is 0.417. The third-order valence-electron chi connectivity index (χ3n) is 2.95. The molecule has 1 aliphatic heterocycles. The Morgan fingerprint density at radius 2 is 2.26 bits per heavy atom. The molecule has 5 nitrogen and oxygen atoms in total. The largest absolute Gasteiger partial charge is 0.379 e. The quantitative estimate of drug-likeness (QED) is 0.921. The summed E-state index contributed by atoms with van der Waals surface area (Å²) >= 11 is 5.92. The minimum Gasteiger partial charge on any atom is -0.379 e. The highest BCUT2D eigenvalue weighted by Crippen LogP contribution is 2.26. The van der Waals surface area contributed by atoms with Crippen LogP contribution in [0, 0.1) is 11.3 Å². The van der Waals surface area contributed by atoms with Crippen LogP contribution in [-0.2, 0) is 14.8 Å². The van der Waals surface area contributed by atoms with Gasteiger partial charge in [0.25, 0.3) is 0 Å². The number of sulfonamides is 1. The van der Waals surface area contributed by atoms with Gasteiger partial charge in [-0.05, 0) is 31.5 Å². The number of benzene rings is 1. The summed E-state index contributed by atoms with van der Waals surface area (Å²) in [4.78, 5) is -0.0266. The van der Waals surface area contributed by atoms with Crippen LogP contribution in [0.15, 0.2) is 23.1 Å². The third kappa shape index (κ3) is 3.07. The van der Waals surface area contributed by atoms with Crippen molar-refractivity contribution in [3.63, 3.8) is 0 Å². The molecule has 1 fully saturated rings. The molecule has 0 saturated carbocycles. The maximum Gasteiger partial charge on any atom is 0.242 e. The van der Waals surface area contributed by atoms with Crippen LogP contribution >= 0.6 is 11.6 Å². The molecule has 0 aliphatic carbocycles. The minimum absolute atomic E-state index is 0.0266. The molecule has 1 heterocycles. The van der Waals surface area contributed by atoms with E-state index in [0.717, 1.165) is 0 Å². The van der Waals surface area contributed by atoms with E-state index in [4.69, 9.17) is 21.6 Å². The number of hydrogen-bond donors (Lipinski definition) is 1. The van der Waals surface area contributed by atoms with Gasteiger partial charge in [0.1, 0.15) is 4.90 Å². The lowest BCUT2D eigenvalue weighted by atomic mass is 10.0. The first-order valence-electron chi connectivity index (χ1n) is 5.68. The molecule has 0 bridgehead atoms. The fourth-order valence-corrected chi connectivity index (χ4v) is 3.88. The number of nitrogens with zero attached hydrogens (tertiary/aromatic N) is 1. The fourth-order valence-electron chi connectivity index (χ4n) is 1.92. The van der Waals surface area contributed by atoms with Gasteiger partial charge < -0.3 is 4.74 Å². The van der Waals surface area contributed by atoms with Crippen molar-refractivity contribution < 1.29 is 13.2 Å². The van der Waals surface area contributed by atoms with E-state index in [1.165, 1.54) is 18.2 Å². The Kier molecular flexibility index (Phi) is 3.83. The van der Waals surface area contributed by atoms with Crippen molar-refractivity contribution in [2.45, 2.75) is 23.8 Å². The van der Waals surface area contributed by atoms with Gasteiger partial charge >= 0.3 is 0 Å². The van der Waals surface area contributed by atoms with Gasteiger partial charge in [-0.1, -0.05) is 11.6 Å². The molecular weight excluding hydrogens is 288 g/mol. The van der Waals surface area contributed by atoms with Gasteiger partial charge in [-0.25, -0.2) is 13.1 Å². The van der Waals surface area contributed by atoms with Crippen LogP contribution in [0.4, 0.5) is 0 Å². The van der Waals surface area contributed by atoms with E-state index >= 15 is 0 Å². The lowest BCUT2D eigenvalue weighted by Gasteiger charge is -2.23. The van der Waals surface area contributed by atoms with Crippen molar-refractivity contribution in [1.82, 2.24) is 4.72 Å². The number of ether oxygens (including phenoxy) is 1. The predicted molar refractivity (Wildman–Crippen MR) is 70.3 cm³/mol. The highest BCUT2D eigenvalue weighted by atomic mass is 35.5. The molecular formula is C12H13ClN2O3S. The Labute approximate surface area is 117 Å². The molecule has 1 saturated heterocycles. The van der Waals surface area contributed by atoms with Crippen LogP contribution in [0.5, 0.6) is 0 Å². The molecule has 19 heavy (non-hydrogen) atoms. The smallest absolute Gasteiger partial charge is 0.242 e. The number of halogens is 1. The Balaban J connectivity index is 2.32. The summed E-state index contributed by atoms with van der Waals surface area (Å²) in [5.74, 6) is 0. The lowest BCUT2D eigenvalue weighted by molar-refractivity contribution is 0.178. The summed E-state index contributed by atoms with van der Waals surface area (Å²) in [5.41, 5.74) is -0.296. The van der Waals surface area contributed by atoms with E-state index in [1.807, 2.05) is 6.07 Å². The second-order valence-corrected chi connectivity index (χ2v) is 6.78. The number of rotatable bonds is 3. The van der Waals surface area contributed by atoms with E-state index < -0.39 is 15.6 Å². The van der Waals surface area contributed by atoms with Crippen molar-refractivity contribution in [3.05, 3.63) is 28.8 Å². The second-order valence-electron chi connectivity index (χ2n) is 4.73. The summed E-state index contributed by atoms with van der Waals surface area (Å²) < 4.78 is 32.4. The van der Waals surface area contributed by atoms with Crippen LogP contribution in [0.3, 0.4) is 0 Å². The molecule has 2 rings (SSSR count). The van der Waals surface area contributed by atoms with Gasteiger partial charge in [-0.15, -0.1) is 0 Å². The molecule has 1 aromatic carbocycles. The SMILES string of the molecule is C[C@@]1(NS(=O)(=O)c2ccc(C#N)cc2Cl)CCOC1. The Morgan fingerprint density at radius 1 is 1.53 bits per heavy atom.